The van der Waals surface area contributed by atoms with Crippen molar-refractivity contribution < 1.29 is 14.7 Å². The van der Waals surface area contributed by atoms with Crippen LogP contribution in [0.1, 0.15) is 19.3 Å². The van der Waals surface area contributed by atoms with Crippen LogP contribution in [0.4, 0.5) is 0 Å². The van der Waals surface area contributed by atoms with E-state index in [1.807, 2.05) is 6.26 Å². The summed E-state index contributed by atoms with van der Waals surface area (Å²) in [5.74, 6) is -0.429. The van der Waals surface area contributed by atoms with E-state index in [2.05, 4.69) is 10.6 Å². The number of aliphatic carboxylic acids is 1. The van der Waals surface area contributed by atoms with Crippen LogP contribution in [0, 0.1) is 5.92 Å². The minimum absolute atomic E-state index is 0.0834. The van der Waals surface area contributed by atoms with Gasteiger partial charge in [-0.15, -0.1) is 0 Å². The maximum absolute atomic E-state index is 11.9. The molecule has 98 valence electrons. The van der Waals surface area contributed by atoms with Crippen LogP contribution in [0.25, 0.3) is 0 Å². The second-order valence-corrected chi connectivity index (χ2v) is 5.21. The quantitative estimate of drug-likeness (QED) is 0.640. The van der Waals surface area contributed by atoms with Crippen LogP contribution < -0.4 is 10.6 Å². The zero-order chi connectivity index (χ0) is 12.7. The van der Waals surface area contributed by atoms with E-state index in [9.17, 15) is 9.59 Å². The highest BCUT2D eigenvalue weighted by Gasteiger charge is 2.25. The molecule has 0 aliphatic carbocycles. The van der Waals surface area contributed by atoms with Gasteiger partial charge >= 0.3 is 5.97 Å². The minimum atomic E-state index is -0.948. The monoisotopic (exact) mass is 260 g/mol. The lowest BCUT2D eigenvalue weighted by Crippen LogP contribution is -2.47. The summed E-state index contributed by atoms with van der Waals surface area (Å²) in [7, 11) is 0. The van der Waals surface area contributed by atoms with Crippen molar-refractivity contribution in [3.8, 4) is 0 Å². The Morgan fingerprint density at radius 2 is 2.35 bits per heavy atom. The molecule has 3 N–H and O–H groups in total. The van der Waals surface area contributed by atoms with Gasteiger partial charge in [0.05, 0.1) is 5.92 Å². The molecule has 2 atom stereocenters. The van der Waals surface area contributed by atoms with Crippen LogP contribution in [0.15, 0.2) is 0 Å². The first kappa shape index (κ1) is 14.3. The molecule has 1 rings (SSSR count). The van der Waals surface area contributed by atoms with Crippen molar-refractivity contribution >= 4 is 23.6 Å². The van der Waals surface area contributed by atoms with Crippen molar-refractivity contribution in [1.29, 1.82) is 0 Å². The Morgan fingerprint density at radius 3 is 2.88 bits per heavy atom. The number of nitrogens with one attached hydrogen (secondary N) is 2. The van der Waals surface area contributed by atoms with E-state index in [0.717, 1.165) is 25.1 Å². The Kier molecular flexibility index (Phi) is 6.36. The Hall–Kier alpha value is -0.750. The van der Waals surface area contributed by atoms with E-state index < -0.39 is 12.0 Å². The zero-order valence-corrected chi connectivity index (χ0v) is 10.9. The molecule has 1 aliphatic rings. The van der Waals surface area contributed by atoms with Crippen molar-refractivity contribution in [3.63, 3.8) is 0 Å². The fourth-order valence-electron chi connectivity index (χ4n) is 1.86. The summed E-state index contributed by atoms with van der Waals surface area (Å²) >= 11 is 1.58. The molecule has 6 heteroatoms. The third-order valence-corrected chi connectivity index (χ3v) is 3.54. The second kappa shape index (κ2) is 7.55. The van der Waals surface area contributed by atoms with Gasteiger partial charge in [0.15, 0.2) is 0 Å². The number of rotatable bonds is 6. The number of carbonyl (C=O) groups is 2. The SMILES string of the molecule is CSCCC(NC(=O)[C@H]1CCCNC1)C(=O)O. The number of carboxylic acids is 1. The molecule has 1 fully saturated rings. The molecular weight excluding hydrogens is 240 g/mol. The summed E-state index contributed by atoms with van der Waals surface area (Å²) in [6, 6.07) is -0.753. The lowest BCUT2D eigenvalue weighted by Gasteiger charge is -2.23. The molecule has 1 heterocycles. The predicted molar refractivity (Wildman–Crippen MR) is 68.2 cm³/mol. The summed E-state index contributed by atoms with van der Waals surface area (Å²) in [5.41, 5.74) is 0. The predicted octanol–water partition coefficient (Wildman–Crippen LogP) is 0.309. The molecule has 1 saturated heterocycles. The van der Waals surface area contributed by atoms with Crippen LogP contribution in [0.5, 0.6) is 0 Å². The van der Waals surface area contributed by atoms with Crippen LogP contribution in [0.2, 0.25) is 0 Å². The van der Waals surface area contributed by atoms with Gasteiger partial charge in [0.2, 0.25) is 5.91 Å². The summed E-state index contributed by atoms with van der Waals surface area (Å²) in [4.78, 5) is 22.8. The highest BCUT2D eigenvalue weighted by molar-refractivity contribution is 7.98. The van der Waals surface area contributed by atoms with E-state index >= 15 is 0 Å². The highest BCUT2D eigenvalue weighted by atomic mass is 32.2. The van der Waals surface area contributed by atoms with Crippen LogP contribution in [-0.4, -0.2) is 48.1 Å². The fraction of sp³-hybridized carbons (Fsp3) is 0.818. The van der Waals surface area contributed by atoms with Crippen LogP contribution in [-0.2, 0) is 9.59 Å². The molecule has 0 aromatic rings. The Morgan fingerprint density at radius 1 is 1.59 bits per heavy atom. The Labute approximate surface area is 106 Å². The molecule has 0 aromatic heterocycles. The highest BCUT2D eigenvalue weighted by Crippen LogP contribution is 2.11. The van der Waals surface area contributed by atoms with Gasteiger partial charge in [-0.1, -0.05) is 0 Å². The topological polar surface area (TPSA) is 78.4 Å². The number of hydrogen-bond donors (Lipinski definition) is 3. The molecule has 1 amide bonds. The number of amides is 1. The van der Waals surface area contributed by atoms with E-state index in [1.54, 1.807) is 11.8 Å². The lowest BCUT2D eigenvalue weighted by molar-refractivity contribution is -0.142. The van der Waals surface area contributed by atoms with Gasteiger partial charge in [-0.25, -0.2) is 4.79 Å². The van der Waals surface area contributed by atoms with Gasteiger partial charge in [-0.05, 0) is 37.8 Å². The molecule has 17 heavy (non-hydrogen) atoms. The summed E-state index contributed by atoms with van der Waals surface area (Å²) in [5, 5.41) is 14.8. The number of hydrogen-bond acceptors (Lipinski definition) is 4. The minimum Gasteiger partial charge on any atom is -0.480 e. The van der Waals surface area contributed by atoms with Crippen molar-refractivity contribution in [2.75, 3.05) is 25.1 Å². The van der Waals surface area contributed by atoms with Crippen LogP contribution >= 0.6 is 11.8 Å². The molecule has 0 bridgehead atoms. The van der Waals surface area contributed by atoms with Gasteiger partial charge in [-0.3, -0.25) is 4.79 Å². The molecule has 0 radical (unpaired) electrons. The third kappa shape index (κ3) is 4.95. The Balaban J connectivity index is 2.42. The van der Waals surface area contributed by atoms with Crippen molar-refractivity contribution in [2.45, 2.75) is 25.3 Å². The standard InChI is InChI=1S/C11H20N2O3S/c1-17-6-4-9(11(15)16)13-10(14)8-3-2-5-12-7-8/h8-9,12H,2-7H2,1H3,(H,13,14)(H,15,16)/t8-,9?/m0/s1. The molecule has 0 spiro atoms. The number of carboxylic acid groups (broad SMARTS) is 1. The molecular formula is C11H20N2O3S. The van der Waals surface area contributed by atoms with Gasteiger partial charge in [-0.2, -0.15) is 11.8 Å². The van der Waals surface area contributed by atoms with Gasteiger partial charge in [0, 0.05) is 6.54 Å². The fourth-order valence-corrected chi connectivity index (χ4v) is 2.33. The second-order valence-electron chi connectivity index (χ2n) is 4.22. The first-order valence-electron chi connectivity index (χ1n) is 5.88. The van der Waals surface area contributed by atoms with E-state index in [-0.39, 0.29) is 11.8 Å². The number of carbonyl (C=O) groups excluding carboxylic acids is 1. The number of piperidine rings is 1. The van der Waals surface area contributed by atoms with Crippen molar-refractivity contribution in [3.05, 3.63) is 0 Å². The molecule has 5 nitrogen and oxygen atoms in total. The normalized spacial score (nSPS) is 21.8. The maximum atomic E-state index is 11.9. The zero-order valence-electron chi connectivity index (χ0n) is 10.1. The Bertz CT molecular complexity index is 267. The molecule has 0 saturated carbocycles. The van der Waals surface area contributed by atoms with E-state index in [1.165, 1.54) is 0 Å². The van der Waals surface area contributed by atoms with Gasteiger partial charge in [0.25, 0.3) is 0 Å². The molecule has 0 aromatic carbocycles. The molecule has 1 unspecified atom stereocenters. The van der Waals surface area contributed by atoms with Crippen molar-refractivity contribution in [1.82, 2.24) is 10.6 Å². The average molecular weight is 260 g/mol. The summed E-state index contributed by atoms with van der Waals surface area (Å²) in [6.45, 7) is 1.60. The largest absolute Gasteiger partial charge is 0.480 e. The summed E-state index contributed by atoms with van der Waals surface area (Å²) in [6.07, 6.45) is 4.21. The molecule has 1 aliphatic heterocycles. The van der Waals surface area contributed by atoms with E-state index in [4.69, 9.17) is 5.11 Å². The smallest absolute Gasteiger partial charge is 0.326 e. The lowest BCUT2D eigenvalue weighted by atomic mass is 9.98. The van der Waals surface area contributed by atoms with Gasteiger partial charge < -0.3 is 15.7 Å². The first-order chi connectivity index (χ1) is 8.15. The van der Waals surface area contributed by atoms with E-state index in [0.29, 0.717) is 13.0 Å². The third-order valence-electron chi connectivity index (χ3n) is 2.89. The first-order valence-corrected chi connectivity index (χ1v) is 7.27. The van der Waals surface area contributed by atoms with Gasteiger partial charge in [0.1, 0.15) is 6.04 Å². The average Bonchev–Trinajstić information content (AvgIpc) is 2.35. The maximum Gasteiger partial charge on any atom is 0.326 e. The number of thioether (sulfide) groups is 1. The summed E-state index contributed by atoms with van der Waals surface area (Å²) < 4.78 is 0. The van der Waals surface area contributed by atoms with Crippen LogP contribution in [0.3, 0.4) is 0 Å². The van der Waals surface area contributed by atoms with Crippen molar-refractivity contribution in [2.24, 2.45) is 5.92 Å².